The van der Waals surface area contributed by atoms with Gasteiger partial charge in [-0.15, -0.1) is 0 Å². The number of fused-ring (bicyclic) bond motifs is 2. The van der Waals surface area contributed by atoms with Crippen molar-refractivity contribution in [2.45, 2.75) is 39.2 Å². The second-order valence-corrected chi connectivity index (χ2v) is 6.51. The molecule has 1 saturated carbocycles. The molecule has 0 radical (unpaired) electrons. The lowest BCUT2D eigenvalue weighted by atomic mass is 9.94. The van der Waals surface area contributed by atoms with E-state index in [1.165, 1.54) is 5.56 Å². The van der Waals surface area contributed by atoms with Gasteiger partial charge < -0.3 is 10.1 Å². The first-order valence-electron chi connectivity index (χ1n) is 8.35. The van der Waals surface area contributed by atoms with E-state index in [0.29, 0.717) is 11.8 Å². The molecule has 2 aliphatic rings. The standard InChI is InChI=1S/C19H23NO3/c1-3-13-5-8-16(9-6-13)20-18(21)12(2)23-19(22)17-11-14-4-7-15(17)10-14/h4-9,12,14-15,17H,3,10-11H2,1-2H3,(H,20,21). The van der Waals surface area contributed by atoms with Crippen LogP contribution in [0.25, 0.3) is 0 Å². The molecule has 4 heteroatoms. The van der Waals surface area contributed by atoms with E-state index < -0.39 is 6.10 Å². The van der Waals surface area contributed by atoms with Crippen molar-refractivity contribution in [3.8, 4) is 0 Å². The fraction of sp³-hybridized carbons (Fsp3) is 0.474. The van der Waals surface area contributed by atoms with Gasteiger partial charge in [-0.1, -0.05) is 31.2 Å². The largest absolute Gasteiger partial charge is 0.452 e. The number of nitrogens with one attached hydrogen (secondary N) is 1. The van der Waals surface area contributed by atoms with Crippen LogP contribution in [-0.4, -0.2) is 18.0 Å². The summed E-state index contributed by atoms with van der Waals surface area (Å²) in [6.07, 6.45) is 6.37. The topological polar surface area (TPSA) is 55.4 Å². The summed E-state index contributed by atoms with van der Waals surface area (Å²) in [6.45, 7) is 3.71. The Labute approximate surface area is 136 Å². The molecule has 23 heavy (non-hydrogen) atoms. The Morgan fingerprint density at radius 2 is 1.96 bits per heavy atom. The average Bonchev–Trinajstić information content (AvgIpc) is 3.18. The van der Waals surface area contributed by atoms with Crippen LogP contribution in [0.4, 0.5) is 5.69 Å². The molecule has 3 rings (SSSR count). The van der Waals surface area contributed by atoms with E-state index in [9.17, 15) is 9.59 Å². The SMILES string of the molecule is CCc1ccc(NC(=O)C(C)OC(=O)C2CC3C=CC2C3)cc1. The Bertz CT molecular complexity index is 620. The normalized spacial score (nSPS) is 26.1. The van der Waals surface area contributed by atoms with Crippen molar-refractivity contribution < 1.29 is 14.3 Å². The second kappa shape index (κ2) is 6.57. The minimum Gasteiger partial charge on any atom is -0.452 e. The van der Waals surface area contributed by atoms with Gasteiger partial charge in [-0.05, 0) is 55.7 Å². The minimum absolute atomic E-state index is 0.0795. The lowest BCUT2D eigenvalue weighted by Crippen LogP contribution is -2.33. The number of esters is 1. The van der Waals surface area contributed by atoms with Crippen LogP contribution < -0.4 is 5.32 Å². The van der Waals surface area contributed by atoms with E-state index in [4.69, 9.17) is 4.74 Å². The molecule has 122 valence electrons. The van der Waals surface area contributed by atoms with Gasteiger partial charge in [0.25, 0.3) is 5.91 Å². The van der Waals surface area contributed by atoms with Gasteiger partial charge in [0.2, 0.25) is 0 Å². The molecule has 4 nitrogen and oxygen atoms in total. The van der Waals surface area contributed by atoms with Gasteiger partial charge in [0.05, 0.1) is 5.92 Å². The van der Waals surface area contributed by atoms with Crippen molar-refractivity contribution in [3.05, 3.63) is 42.0 Å². The first-order valence-corrected chi connectivity index (χ1v) is 8.35. The molecular weight excluding hydrogens is 290 g/mol. The summed E-state index contributed by atoms with van der Waals surface area (Å²) < 4.78 is 5.38. The molecule has 0 aromatic heterocycles. The number of allylic oxidation sites excluding steroid dienone is 2. The summed E-state index contributed by atoms with van der Waals surface area (Å²) in [6, 6.07) is 7.69. The number of hydrogen-bond acceptors (Lipinski definition) is 3. The lowest BCUT2D eigenvalue weighted by molar-refractivity contribution is -0.158. The van der Waals surface area contributed by atoms with Gasteiger partial charge in [-0.2, -0.15) is 0 Å². The summed E-state index contributed by atoms with van der Waals surface area (Å²) >= 11 is 0. The molecule has 0 saturated heterocycles. The fourth-order valence-electron chi connectivity index (χ4n) is 3.43. The van der Waals surface area contributed by atoms with Gasteiger partial charge in [-0.3, -0.25) is 9.59 Å². The lowest BCUT2D eigenvalue weighted by Gasteiger charge is -2.20. The van der Waals surface area contributed by atoms with Crippen LogP contribution in [0.5, 0.6) is 0 Å². The van der Waals surface area contributed by atoms with Crippen molar-refractivity contribution in [1.82, 2.24) is 0 Å². The molecule has 1 aromatic rings. The smallest absolute Gasteiger partial charge is 0.310 e. The maximum Gasteiger partial charge on any atom is 0.310 e. The number of hydrogen-bond donors (Lipinski definition) is 1. The monoisotopic (exact) mass is 313 g/mol. The summed E-state index contributed by atoms with van der Waals surface area (Å²) in [5.74, 6) is 0.194. The maximum atomic E-state index is 12.2. The second-order valence-electron chi connectivity index (χ2n) is 6.51. The molecule has 1 N–H and O–H groups in total. The number of anilines is 1. The molecule has 2 aliphatic carbocycles. The molecule has 1 fully saturated rings. The maximum absolute atomic E-state index is 12.2. The van der Waals surface area contributed by atoms with E-state index in [-0.39, 0.29) is 17.8 Å². The quantitative estimate of drug-likeness (QED) is 0.670. The average molecular weight is 313 g/mol. The number of amides is 1. The molecule has 0 heterocycles. The third kappa shape index (κ3) is 3.46. The van der Waals surface area contributed by atoms with Crippen LogP contribution >= 0.6 is 0 Å². The summed E-state index contributed by atoms with van der Waals surface area (Å²) in [5.41, 5.74) is 1.93. The highest BCUT2D eigenvalue weighted by Crippen LogP contribution is 2.43. The van der Waals surface area contributed by atoms with Gasteiger partial charge in [0, 0.05) is 5.69 Å². The van der Waals surface area contributed by atoms with Gasteiger partial charge >= 0.3 is 5.97 Å². The van der Waals surface area contributed by atoms with E-state index >= 15 is 0 Å². The zero-order valence-electron chi connectivity index (χ0n) is 13.6. The fourth-order valence-corrected chi connectivity index (χ4v) is 3.43. The van der Waals surface area contributed by atoms with Crippen molar-refractivity contribution >= 4 is 17.6 Å². The van der Waals surface area contributed by atoms with E-state index in [0.717, 1.165) is 24.9 Å². The van der Waals surface area contributed by atoms with Crippen molar-refractivity contribution in [2.75, 3.05) is 5.32 Å². The molecule has 2 bridgehead atoms. The van der Waals surface area contributed by atoms with Gasteiger partial charge in [0.15, 0.2) is 6.10 Å². The number of carbonyl (C=O) groups is 2. The van der Waals surface area contributed by atoms with Gasteiger partial charge in [-0.25, -0.2) is 0 Å². The summed E-state index contributed by atoms with van der Waals surface area (Å²) in [4.78, 5) is 24.4. The van der Waals surface area contributed by atoms with Crippen LogP contribution in [0.1, 0.15) is 32.3 Å². The number of aryl methyl sites for hydroxylation is 1. The first-order chi connectivity index (χ1) is 11.1. The number of ether oxygens (including phenoxy) is 1. The predicted octanol–water partition coefficient (Wildman–Crippen LogP) is 3.33. The minimum atomic E-state index is -0.781. The zero-order chi connectivity index (χ0) is 16.4. The highest BCUT2D eigenvalue weighted by molar-refractivity contribution is 5.95. The summed E-state index contributed by atoms with van der Waals surface area (Å²) in [7, 11) is 0. The van der Waals surface area contributed by atoms with Crippen LogP contribution in [0.2, 0.25) is 0 Å². The predicted molar refractivity (Wildman–Crippen MR) is 88.8 cm³/mol. The van der Waals surface area contributed by atoms with Crippen LogP contribution in [0, 0.1) is 17.8 Å². The van der Waals surface area contributed by atoms with Crippen molar-refractivity contribution in [3.63, 3.8) is 0 Å². The van der Waals surface area contributed by atoms with E-state index in [1.54, 1.807) is 6.92 Å². The van der Waals surface area contributed by atoms with E-state index in [1.807, 2.05) is 24.3 Å². The number of benzene rings is 1. The Morgan fingerprint density at radius 3 is 2.52 bits per heavy atom. The molecule has 1 aromatic carbocycles. The van der Waals surface area contributed by atoms with Crippen LogP contribution in [-0.2, 0) is 20.7 Å². The molecule has 0 spiro atoms. The molecule has 1 amide bonds. The highest BCUT2D eigenvalue weighted by atomic mass is 16.5. The summed E-state index contributed by atoms with van der Waals surface area (Å²) in [5, 5.41) is 2.79. The zero-order valence-corrected chi connectivity index (χ0v) is 13.6. The molecular formula is C19H23NO3. The van der Waals surface area contributed by atoms with Crippen molar-refractivity contribution in [1.29, 1.82) is 0 Å². The Balaban J connectivity index is 1.52. The van der Waals surface area contributed by atoms with Crippen molar-refractivity contribution in [2.24, 2.45) is 17.8 Å². The number of rotatable bonds is 5. The number of carbonyl (C=O) groups excluding carboxylic acids is 2. The Kier molecular flexibility index (Phi) is 4.51. The molecule has 4 unspecified atom stereocenters. The van der Waals surface area contributed by atoms with Crippen LogP contribution in [0.3, 0.4) is 0 Å². The third-order valence-electron chi connectivity index (χ3n) is 4.87. The first kappa shape index (κ1) is 15.8. The van der Waals surface area contributed by atoms with Gasteiger partial charge in [0.1, 0.15) is 0 Å². The van der Waals surface area contributed by atoms with Crippen LogP contribution in [0.15, 0.2) is 36.4 Å². The highest BCUT2D eigenvalue weighted by Gasteiger charge is 2.41. The van der Waals surface area contributed by atoms with E-state index in [2.05, 4.69) is 24.4 Å². The Hall–Kier alpha value is -2.10. The Morgan fingerprint density at radius 1 is 1.22 bits per heavy atom. The third-order valence-corrected chi connectivity index (χ3v) is 4.87. The molecule has 0 aliphatic heterocycles. The molecule has 4 atom stereocenters.